The lowest BCUT2D eigenvalue weighted by Crippen LogP contribution is -2.49. The van der Waals surface area contributed by atoms with Crippen molar-refractivity contribution in [2.45, 2.75) is 19.4 Å². The lowest BCUT2D eigenvalue weighted by molar-refractivity contribution is -0.134. The molecule has 2 unspecified atom stereocenters. The predicted molar refractivity (Wildman–Crippen MR) is 104 cm³/mol. The van der Waals surface area contributed by atoms with Crippen molar-refractivity contribution in [3.63, 3.8) is 0 Å². The van der Waals surface area contributed by atoms with Crippen LogP contribution in [-0.2, 0) is 4.79 Å². The Balaban J connectivity index is 0.00000225. The molecule has 0 radical (unpaired) electrons. The SMILES string of the molecule is CC1(CN)CCN(C(=O)C2CSCN2C(=O)c2ccc(Cl)cc2)C1.Cl. The van der Waals surface area contributed by atoms with Crippen LogP contribution in [0.5, 0.6) is 0 Å². The molecule has 2 fully saturated rings. The zero-order chi connectivity index (χ0) is 17.3. The largest absolute Gasteiger partial charge is 0.340 e. The number of hydrogen-bond donors (Lipinski definition) is 1. The van der Waals surface area contributed by atoms with Crippen LogP contribution in [0.1, 0.15) is 23.7 Å². The second-order valence-corrected chi connectivity index (χ2v) is 8.26. The second kappa shape index (κ2) is 8.16. The summed E-state index contributed by atoms with van der Waals surface area (Å²) < 4.78 is 0. The fourth-order valence-electron chi connectivity index (χ4n) is 3.19. The highest BCUT2D eigenvalue weighted by molar-refractivity contribution is 7.99. The predicted octanol–water partition coefficient (Wildman–Crippen LogP) is 2.47. The van der Waals surface area contributed by atoms with Crippen LogP contribution < -0.4 is 5.73 Å². The molecule has 3 rings (SSSR count). The Morgan fingerprint density at radius 1 is 1.36 bits per heavy atom. The lowest BCUT2D eigenvalue weighted by Gasteiger charge is -2.28. The van der Waals surface area contributed by atoms with Crippen LogP contribution in [0.2, 0.25) is 5.02 Å². The molecule has 0 spiro atoms. The normalized spacial score (nSPS) is 25.8. The number of rotatable bonds is 3. The molecule has 0 saturated carbocycles. The molecule has 2 aliphatic heterocycles. The Morgan fingerprint density at radius 3 is 2.64 bits per heavy atom. The first kappa shape index (κ1) is 20.4. The number of hydrogen-bond acceptors (Lipinski definition) is 4. The van der Waals surface area contributed by atoms with Gasteiger partial charge in [-0.3, -0.25) is 9.59 Å². The molecule has 2 saturated heterocycles. The van der Waals surface area contributed by atoms with Crippen LogP contribution in [0.25, 0.3) is 0 Å². The first-order chi connectivity index (χ1) is 11.4. The summed E-state index contributed by atoms with van der Waals surface area (Å²) in [5, 5.41) is 0.591. The quantitative estimate of drug-likeness (QED) is 0.841. The van der Waals surface area contributed by atoms with Crippen molar-refractivity contribution in [1.29, 1.82) is 0 Å². The summed E-state index contributed by atoms with van der Waals surface area (Å²) in [6.07, 6.45) is 0.917. The third kappa shape index (κ3) is 4.25. The summed E-state index contributed by atoms with van der Waals surface area (Å²) in [4.78, 5) is 29.2. The molecule has 138 valence electrons. The van der Waals surface area contributed by atoms with Gasteiger partial charge >= 0.3 is 0 Å². The van der Waals surface area contributed by atoms with E-state index >= 15 is 0 Å². The highest BCUT2D eigenvalue weighted by atomic mass is 35.5. The van der Waals surface area contributed by atoms with Crippen LogP contribution >= 0.6 is 35.8 Å². The maximum absolute atomic E-state index is 12.9. The van der Waals surface area contributed by atoms with Crippen LogP contribution in [0, 0.1) is 5.41 Å². The molecule has 8 heteroatoms. The van der Waals surface area contributed by atoms with E-state index in [9.17, 15) is 9.59 Å². The standard InChI is InChI=1S/C17H22ClN3O2S.ClH/c1-17(9-19)6-7-20(10-17)16(23)14-8-24-11-21(14)15(22)12-2-4-13(18)5-3-12;/h2-5,14H,6-11,19H2,1H3;1H. The minimum Gasteiger partial charge on any atom is -0.340 e. The third-order valence-corrected chi connectivity index (χ3v) is 6.15. The average Bonchev–Trinajstić information content (AvgIpc) is 3.22. The fraction of sp³-hybridized carbons (Fsp3) is 0.529. The van der Waals surface area contributed by atoms with Crippen LogP contribution in [0.15, 0.2) is 24.3 Å². The molecule has 1 aromatic rings. The van der Waals surface area contributed by atoms with Crippen molar-refractivity contribution in [2.75, 3.05) is 31.3 Å². The summed E-state index contributed by atoms with van der Waals surface area (Å²) in [6.45, 7) is 4.08. The van der Waals surface area contributed by atoms with E-state index in [-0.39, 0.29) is 29.6 Å². The zero-order valence-electron chi connectivity index (χ0n) is 14.1. The molecule has 2 aliphatic rings. The number of halogens is 2. The van der Waals surface area contributed by atoms with Crippen LogP contribution in [0.3, 0.4) is 0 Å². The molecule has 2 heterocycles. The molecule has 2 N–H and O–H groups in total. The van der Waals surface area contributed by atoms with E-state index in [1.165, 1.54) is 0 Å². The van der Waals surface area contributed by atoms with Crippen molar-refractivity contribution < 1.29 is 9.59 Å². The molecule has 0 aromatic heterocycles. The Morgan fingerprint density at radius 2 is 2.04 bits per heavy atom. The minimum atomic E-state index is -0.390. The van der Waals surface area contributed by atoms with E-state index in [2.05, 4.69) is 6.92 Å². The van der Waals surface area contributed by atoms with Gasteiger partial charge in [0.15, 0.2) is 0 Å². The fourth-order valence-corrected chi connectivity index (χ4v) is 4.47. The molecular formula is C17H23Cl2N3O2S. The molecule has 0 aliphatic carbocycles. The Kier molecular flexibility index (Phi) is 6.65. The van der Waals surface area contributed by atoms with Gasteiger partial charge < -0.3 is 15.5 Å². The van der Waals surface area contributed by atoms with Crippen molar-refractivity contribution >= 4 is 47.6 Å². The highest BCUT2D eigenvalue weighted by Gasteiger charge is 2.42. The average molecular weight is 404 g/mol. The topological polar surface area (TPSA) is 66.6 Å². The van der Waals surface area contributed by atoms with Crippen molar-refractivity contribution in [3.8, 4) is 0 Å². The van der Waals surface area contributed by atoms with Gasteiger partial charge in [0.2, 0.25) is 5.91 Å². The third-order valence-electron chi connectivity index (χ3n) is 4.88. The van der Waals surface area contributed by atoms with Gasteiger partial charge in [-0.25, -0.2) is 0 Å². The number of nitrogens with two attached hydrogens (primary N) is 1. The zero-order valence-corrected chi connectivity index (χ0v) is 16.5. The summed E-state index contributed by atoms with van der Waals surface area (Å²) in [7, 11) is 0. The maximum atomic E-state index is 12.9. The number of thioether (sulfide) groups is 1. The van der Waals surface area contributed by atoms with Crippen LogP contribution in [-0.4, -0.2) is 58.9 Å². The lowest BCUT2D eigenvalue weighted by atomic mass is 9.90. The Labute approximate surface area is 163 Å². The smallest absolute Gasteiger partial charge is 0.255 e. The summed E-state index contributed by atoms with van der Waals surface area (Å²) in [5.41, 5.74) is 6.39. The number of nitrogens with zero attached hydrogens (tertiary/aromatic N) is 2. The molecule has 25 heavy (non-hydrogen) atoms. The Hall–Kier alpha value is -0.950. The molecule has 2 atom stereocenters. The van der Waals surface area contributed by atoms with Crippen molar-refractivity contribution in [3.05, 3.63) is 34.9 Å². The Bertz CT molecular complexity index is 643. The van der Waals surface area contributed by atoms with Gasteiger partial charge in [0.25, 0.3) is 5.91 Å². The maximum Gasteiger partial charge on any atom is 0.255 e. The molecule has 0 bridgehead atoms. The molecule has 2 amide bonds. The van der Waals surface area contributed by atoms with Crippen LogP contribution in [0.4, 0.5) is 0 Å². The van der Waals surface area contributed by atoms with Gasteiger partial charge in [-0.2, -0.15) is 0 Å². The van der Waals surface area contributed by atoms with E-state index < -0.39 is 6.04 Å². The first-order valence-electron chi connectivity index (χ1n) is 8.07. The van der Waals surface area contributed by atoms with Gasteiger partial charge in [-0.1, -0.05) is 18.5 Å². The molecule has 5 nitrogen and oxygen atoms in total. The monoisotopic (exact) mass is 403 g/mol. The summed E-state index contributed by atoms with van der Waals surface area (Å²) in [5.74, 6) is 1.11. The van der Waals surface area contributed by atoms with Gasteiger partial charge in [0.05, 0.1) is 5.88 Å². The number of benzene rings is 1. The highest BCUT2D eigenvalue weighted by Crippen LogP contribution is 2.31. The van der Waals surface area contributed by atoms with Gasteiger partial charge in [0.1, 0.15) is 6.04 Å². The number of carbonyl (C=O) groups excluding carboxylic acids is 2. The van der Waals surface area contributed by atoms with Gasteiger partial charge in [-0.05, 0) is 42.6 Å². The molecular weight excluding hydrogens is 381 g/mol. The van der Waals surface area contributed by atoms with Crippen molar-refractivity contribution in [1.82, 2.24) is 9.80 Å². The van der Waals surface area contributed by atoms with E-state index in [0.717, 1.165) is 13.0 Å². The second-order valence-electron chi connectivity index (χ2n) is 6.82. The van der Waals surface area contributed by atoms with E-state index in [1.54, 1.807) is 40.9 Å². The molecule has 1 aromatic carbocycles. The number of carbonyl (C=O) groups is 2. The summed E-state index contributed by atoms with van der Waals surface area (Å²) >= 11 is 7.50. The van der Waals surface area contributed by atoms with E-state index in [4.69, 9.17) is 17.3 Å². The minimum absolute atomic E-state index is 0. The summed E-state index contributed by atoms with van der Waals surface area (Å²) in [6, 6.07) is 6.41. The first-order valence-corrected chi connectivity index (χ1v) is 9.60. The van der Waals surface area contributed by atoms with Gasteiger partial charge in [0, 0.05) is 29.4 Å². The van der Waals surface area contributed by atoms with Gasteiger partial charge in [-0.15, -0.1) is 24.2 Å². The van der Waals surface area contributed by atoms with E-state index in [1.807, 2.05) is 4.90 Å². The number of likely N-dealkylation sites (tertiary alicyclic amines) is 1. The van der Waals surface area contributed by atoms with Crippen molar-refractivity contribution in [2.24, 2.45) is 11.1 Å². The van der Waals surface area contributed by atoms with E-state index in [0.29, 0.717) is 35.3 Å². The number of amides is 2.